The van der Waals surface area contributed by atoms with Crippen LogP contribution in [-0.4, -0.2) is 26.3 Å². The van der Waals surface area contributed by atoms with Gasteiger partial charge in [-0.3, -0.25) is 19.7 Å². The van der Waals surface area contributed by atoms with Crippen molar-refractivity contribution in [3.8, 4) is 0 Å². The van der Waals surface area contributed by atoms with Crippen molar-refractivity contribution in [2.75, 3.05) is 10.6 Å². The van der Waals surface area contributed by atoms with Crippen LogP contribution in [0, 0.1) is 17.0 Å². The zero-order valence-electron chi connectivity index (χ0n) is 17.2. The number of carbonyl (C=O) groups excluding carboxylic acids is 2. The summed E-state index contributed by atoms with van der Waals surface area (Å²) in [7, 11) is -4.12. The van der Waals surface area contributed by atoms with Crippen molar-refractivity contribution in [1.82, 2.24) is 4.72 Å². The number of nitrogens with one attached hydrogen (secondary N) is 4. The lowest BCUT2D eigenvalue weighted by Gasteiger charge is -2.12. The van der Waals surface area contributed by atoms with Crippen molar-refractivity contribution in [3.63, 3.8) is 0 Å². The van der Waals surface area contributed by atoms with Crippen LogP contribution in [0.2, 0.25) is 0 Å². The molecule has 0 radical (unpaired) electrons. The topological polar surface area (TPSA) is 128 Å². The van der Waals surface area contributed by atoms with Gasteiger partial charge in [0.1, 0.15) is 23.0 Å². The number of anilines is 2. The summed E-state index contributed by atoms with van der Waals surface area (Å²) < 4.78 is 54.0. The normalized spacial score (nSPS) is 12.2. The van der Waals surface area contributed by atoms with Crippen LogP contribution in [0.3, 0.4) is 0 Å². The van der Waals surface area contributed by atoms with Gasteiger partial charge in [0.2, 0.25) is 11.6 Å². The molecule has 4 N–H and O–H groups in total. The number of sulfonamides is 1. The molecule has 1 heterocycles. The van der Waals surface area contributed by atoms with Gasteiger partial charge >= 0.3 is 0 Å². The van der Waals surface area contributed by atoms with Crippen molar-refractivity contribution < 1.29 is 26.8 Å². The molecule has 0 saturated carbocycles. The average Bonchev–Trinajstić information content (AvgIpc) is 3.22. The van der Waals surface area contributed by atoms with E-state index < -0.39 is 44.4 Å². The molecule has 0 atom stereocenters. The lowest BCUT2D eigenvalue weighted by atomic mass is 9.95. The maximum atomic E-state index is 13.8. The molecule has 11 heteroatoms. The van der Waals surface area contributed by atoms with Crippen molar-refractivity contribution in [2.45, 2.75) is 4.90 Å². The Balaban J connectivity index is 1.84. The van der Waals surface area contributed by atoms with E-state index >= 15 is 0 Å². The first-order valence-corrected chi connectivity index (χ1v) is 11.2. The summed E-state index contributed by atoms with van der Waals surface area (Å²) in [4.78, 5) is 26.5. The second-order valence-electron chi connectivity index (χ2n) is 7.16. The minimum atomic E-state index is -4.12. The van der Waals surface area contributed by atoms with Gasteiger partial charge in [0, 0.05) is 17.2 Å². The first-order valence-electron chi connectivity index (χ1n) is 9.74. The van der Waals surface area contributed by atoms with E-state index in [2.05, 4.69) is 10.6 Å². The summed E-state index contributed by atoms with van der Waals surface area (Å²) in [6.45, 7) is 0. The summed E-state index contributed by atoms with van der Waals surface area (Å²) in [6.07, 6.45) is 0.475. The molecule has 0 bridgehead atoms. The largest absolute Gasteiger partial charge is 0.339 e. The van der Waals surface area contributed by atoms with Crippen LogP contribution in [0.15, 0.2) is 83.0 Å². The van der Waals surface area contributed by atoms with E-state index in [9.17, 15) is 26.8 Å². The molecule has 172 valence electrons. The van der Waals surface area contributed by atoms with Crippen LogP contribution >= 0.6 is 0 Å². The van der Waals surface area contributed by atoms with Crippen molar-refractivity contribution in [1.29, 1.82) is 5.41 Å². The molecule has 0 aromatic heterocycles. The molecule has 0 saturated heterocycles. The van der Waals surface area contributed by atoms with Gasteiger partial charge in [-0.1, -0.05) is 24.3 Å². The second kappa shape index (κ2) is 8.87. The van der Waals surface area contributed by atoms with Gasteiger partial charge in [-0.15, -0.1) is 0 Å². The Morgan fingerprint density at radius 2 is 1.41 bits per heavy atom. The van der Waals surface area contributed by atoms with E-state index in [0.717, 1.165) is 18.2 Å². The highest BCUT2D eigenvalue weighted by atomic mass is 32.2. The van der Waals surface area contributed by atoms with E-state index in [-0.39, 0.29) is 16.3 Å². The van der Waals surface area contributed by atoms with E-state index in [1.807, 2.05) is 4.72 Å². The second-order valence-corrected chi connectivity index (χ2v) is 8.87. The molecule has 3 aromatic rings. The monoisotopic (exact) mass is 482 g/mol. The Morgan fingerprint density at radius 1 is 0.824 bits per heavy atom. The molecule has 1 aliphatic rings. The zero-order chi connectivity index (χ0) is 24.5. The summed E-state index contributed by atoms with van der Waals surface area (Å²) >= 11 is 0. The minimum Gasteiger partial charge on any atom is -0.339 e. The number of carbonyl (C=O) groups is 2. The molecule has 0 spiro atoms. The Morgan fingerprint density at radius 3 is 2.00 bits per heavy atom. The number of ketones is 2. The fourth-order valence-corrected chi connectivity index (χ4v) is 4.21. The number of para-hydroxylation sites is 2. The fourth-order valence-electron chi connectivity index (χ4n) is 3.38. The molecular weight excluding hydrogens is 466 g/mol. The van der Waals surface area contributed by atoms with E-state index in [1.165, 1.54) is 18.2 Å². The zero-order valence-corrected chi connectivity index (χ0v) is 18.0. The molecule has 0 fully saturated rings. The number of benzene rings is 3. The highest BCUT2D eigenvalue weighted by molar-refractivity contribution is 7.90. The predicted octanol–water partition coefficient (Wildman–Crippen LogP) is 3.66. The van der Waals surface area contributed by atoms with Gasteiger partial charge in [-0.2, -0.15) is 0 Å². The Labute approximate surface area is 192 Å². The third kappa shape index (κ3) is 4.41. The number of fused-ring (bicyclic) bond motifs is 1. The van der Waals surface area contributed by atoms with Gasteiger partial charge < -0.3 is 10.6 Å². The SMILES string of the molecule is N=CNS(=O)(=O)c1cccc(C(=O)C(C(=O)c2cc(F)cc(F)c2)=C2Nc3ccccc3N2)c1. The number of rotatable bonds is 7. The van der Waals surface area contributed by atoms with Crippen LogP contribution in [0.1, 0.15) is 20.7 Å². The van der Waals surface area contributed by atoms with Gasteiger partial charge in [-0.25, -0.2) is 17.2 Å². The maximum absolute atomic E-state index is 13.8. The first-order chi connectivity index (χ1) is 16.2. The molecule has 34 heavy (non-hydrogen) atoms. The number of allylic oxidation sites excluding steroid dienone is 1. The van der Waals surface area contributed by atoms with E-state index in [4.69, 9.17) is 5.41 Å². The molecule has 1 aliphatic heterocycles. The number of Topliss-reactive ketones (excluding diaryl/α,β-unsaturated/α-hetero) is 2. The molecule has 4 rings (SSSR count). The summed E-state index contributed by atoms with van der Waals surface area (Å²) in [6, 6.07) is 13.9. The number of hydrogen-bond acceptors (Lipinski definition) is 7. The average molecular weight is 482 g/mol. The van der Waals surface area contributed by atoms with Crippen LogP contribution in [0.25, 0.3) is 0 Å². The van der Waals surface area contributed by atoms with Gasteiger partial charge in [0.05, 0.1) is 22.6 Å². The van der Waals surface area contributed by atoms with Gasteiger partial charge in [0.25, 0.3) is 10.0 Å². The maximum Gasteiger partial charge on any atom is 0.262 e. The quantitative estimate of drug-likeness (QED) is 0.102. The summed E-state index contributed by atoms with van der Waals surface area (Å²) in [5.41, 5.74) is 0.0816. The van der Waals surface area contributed by atoms with E-state index in [1.54, 1.807) is 24.3 Å². The third-order valence-corrected chi connectivity index (χ3v) is 6.20. The lowest BCUT2D eigenvalue weighted by Crippen LogP contribution is -2.23. The van der Waals surface area contributed by atoms with Gasteiger partial charge in [0.15, 0.2) is 0 Å². The Kier molecular flexibility index (Phi) is 5.95. The molecular formula is C23H16F2N4O4S. The fraction of sp³-hybridized carbons (Fsp3) is 0. The number of halogens is 2. The highest BCUT2D eigenvalue weighted by Crippen LogP contribution is 2.33. The predicted molar refractivity (Wildman–Crippen MR) is 121 cm³/mol. The molecule has 0 amide bonds. The van der Waals surface area contributed by atoms with Crippen LogP contribution in [0.4, 0.5) is 20.2 Å². The molecule has 0 aliphatic carbocycles. The van der Waals surface area contributed by atoms with E-state index in [0.29, 0.717) is 23.8 Å². The van der Waals surface area contributed by atoms with Gasteiger partial charge in [-0.05, 0) is 36.4 Å². The van der Waals surface area contributed by atoms with Crippen LogP contribution in [-0.2, 0) is 10.0 Å². The minimum absolute atomic E-state index is 0.0215. The smallest absolute Gasteiger partial charge is 0.262 e. The first kappa shape index (κ1) is 22.8. The van der Waals surface area contributed by atoms with Crippen LogP contribution < -0.4 is 15.4 Å². The lowest BCUT2D eigenvalue weighted by molar-refractivity contribution is 0.0960. The summed E-state index contributed by atoms with van der Waals surface area (Å²) in [5, 5.41) is 12.8. The highest BCUT2D eigenvalue weighted by Gasteiger charge is 2.30. The van der Waals surface area contributed by atoms with Crippen molar-refractivity contribution >= 4 is 39.3 Å². The molecule has 8 nitrogen and oxygen atoms in total. The van der Waals surface area contributed by atoms with Crippen molar-refractivity contribution in [3.05, 3.63) is 101 Å². The summed E-state index contributed by atoms with van der Waals surface area (Å²) in [5.74, 6) is -3.88. The molecule has 0 unspecified atom stereocenters. The van der Waals surface area contributed by atoms with Crippen molar-refractivity contribution in [2.24, 2.45) is 0 Å². The van der Waals surface area contributed by atoms with Crippen LogP contribution in [0.5, 0.6) is 0 Å². The Bertz CT molecular complexity index is 1440. The third-order valence-electron chi connectivity index (χ3n) is 4.90. The Hall–Kier alpha value is -4.38. The molecule has 3 aromatic carbocycles. The number of hydrogen-bond donors (Lipinski definition) is 4. The standard InChI is InChI=1S/C23H16F2N4O4S/c24-15-8-14(9-16(25)11-15)22(31)20(23-28-18-6-1-2-7-19(18)29-23)21(30)13-4-3-5-17(10-13)34(32,33)27-12-26/h1-12,28-29H,(H2,26,27).